The van der Waals surface area contributed by atoms with Gasteiger partial charge in [-0.15, -0.1) is 0 Å². The Labute approximate surface area is 67.8 Å². The molecule has 0 aromatic carbocycles. The third-order valence-corrected chi connectivity index (χ3v) is 1.80. The minimum atomic E-state index is -2.16. The highest BCUT2D eigenvalue weighted by Gasteiger charge is 2.50. The normalized spacial score (nSPS) is 31.9. The lowest BCUT2D eigenvalue weighted by molar-refractivity contribution is -0.150. The van der Waals surface area contributed by atoms with Crippen molar-refractivity contribution in [2.24, 2.45) is 0 Å². The Morgan fingerprint density at radius 1 is 1.58 bits per heavy atom. The summed E-state index contributed by atoms with van der Waals surface area (Å²) in [6, 6.07) is 0. The van der Waals surface area contributed by atoms with Gasteiger partial charge in [0.15, 0.2) is 5.60 Å². The first-order chi connectivity index (χ1) is 5.50. The summed E-state index contributed by atoms with van der Waals surface area (Å²) < 4.78 is 0. The Bertz CT molecular complexity index is 228. The smallest absolute Gasteiger partial charge is 0.261 e. The maximum absolute atomic E-state index is 10.9. The molecule has 0 aliphatic carbocycles. The number of carbonyl (C=O) groups excluding carboxylic acids is 2. The minimum absolute atomic E-state index is 0.506. The second-order valence-electron chi connectivity index (χ2n) is 2.68. The quantitative estimate of drug-likeness (QED) is 0.337. The average molecular weight is 175 g/mol. The number of hydrogen-bond acceptors (Lipinski definition) is 5. The van der Waals surface area contributed by atoms with Crippen molar-refractivity contribution in [3.8, 4) is 0 Å². The van der Waals surface area contributed by atoms with Crippen molar-refractivity contribution in [1.29, 1.82) is 0 Å². The predicted octanol–water partition coefficient (Wildman–Crippen LogP) is -2.88. The zero-order valence-electron chi connectivity index (χ0n) is 6.15. The van der Waals surface area contributed by atoms with Gasteiger partial charge in [0.25, 0.3) is 5.91 Å². The summed E-state index contributed by atoms with van der Waals surface area (Å²) >= 11 is 0. The van der Waals surface area contributed by atoms with E-state index >= 15 is 0 Å². The highest BCUT2D eigenvalue weighted by atomic mass is 16.4. The topological polar surface area (TPSA) is 107 Å². The first-order valence-corrected chi connectivity index (χ1v) is 3.36. The molecule has 0 aromatic heterocycles. The van der Waals surface area contributed by atoms with Crippen LogP contribution in [-0.4, -0.2) is 45.4 Å². The first-order valence-electron chi connectivity index (χ1n) is 3.36. The third kappa shape index (κ3) is 1.20. The fraction of sp³-hybridized carbons (Fsp3) is 0.667. The zero-order valence-corrected chi connectivity index (χ0v) is 6.15. The van der Waals surface area contributed by atoms with Crippen molar-refractivity contribution >= 4 is 11.8 Å². The number of aliphatic hydroxyl groups is 3. The maximum atomic E-state index is 10.9. The van der Waals surface area contributed by atoms with Gasteiger partial charge >= 0.3 is 0 Å². The minimum Gasteiger partial charge on any atom is -0.394 e. The van der Waals surface area contributed by atoms with Crippen LogP contribution in [0.4, 0.5) is 0 Å². The van der Waals surface area contributed by atoms with E-state index in [9.17, 15) is 14.7 Å². The van der Waals surface area contributed by atoms with Crippen molar-refractivity contribution in [3.63, 3.8) is 0 Å². The molecule has 2 amide bonds. The van der Waals surface area contributed by atoms with E-state index in [1.807, 2.05) is 5.32 Å². The van der Waals surface area contributed by atoms with Gasteiger partial charge in [0.05, 0.1) is 13.0 Å². The van der Waals surface area contributed by atoms with E-state index in [1.54, 1.807) is 0 Å². The predicted molar refractivity (Wildman–Crippen MR) is 35.8 cm³/mol. The monoisotopic (exact) mass is 175 g/mol. The standard InChI is InChI=1S/C6H9NO5/c8-2-3(9)6(12)1-4(10)7-5(6)11/h3,8-9,12H,1-2H2,(H,7,10,11). The Morgan fingerprint density at radius 2 is 2.17 bits per heavy atom. The van der Waals surface area contributed by atoms with Gasteiger partial charge < -0.3 is 15.3 Å². The number of amides is 2. The first kappa shape index (κ1) is 9.11. The molecule has 4 N–H and O–H groups in total. The fourth-order valence-corrected chi connectivity index (χ4v) is 1.02. The van der Waals surface area contributed by atoms with Crippen molar-refractivity contribution in [1.82, 2.24) is 5.32 Å². The van der Waals surface area contributed by atoms with E-state index in [-0.39, 0.29) is 0 Å². The zero-order chi connectivity index (χ0) is 9.35. The molecule has 0 bridgehead atoms. The maximum Gasteiger partial charge on any atom is 0.261 e. The van der Waals surface area contributed by atoms with Gasteiger partial charge in [0.1, 0.15) is 6.10 Å². The summed E-state index contributed by atoms with van der Waals surface area (Å²) in [5.41, 5.74) is -2.16. The molecule has 1 fully saturated rings. The van der Waals surface area contributed by atoms with Crippen molar-refractivity contribution in [2.75, 3.05) is 6.61 Å². The molecule has 12 heavy (non-hydrogen) atoms. The van der Waals surface area contributed by atoms with Crippen LogP contribution in [0.15, 0.2) is 0 Å². The molecular formula is C6H9NO5. The van der Waals surface area contributed by atoms with E-state index in [4.69, 9.17) is 10.2 Å². The lowest BCUT2D eigenvalue weighted by Gasteiger charge is -2.22. The summed E-state index contributed by atoms with van der Waals surface area (Å²) in [6.45, 7) is -0.767. The number of aliphatic hydroxyl groups excluding tert-OH is 2. The van der Waals surface area contributed by atoms with Gasteiger partial charge in [-0.1, -0.05) is 0 Å². The second kappa shape index (κ2) is 2.81. The largest absolute Gasteiger partial charge is 0.394 e. The van der Waals surface area contributed by atoms with Crippen LogP contribution in [0.3, 0.4) is 0 Å². The molecule has 6 heteroatoms. The van der Waals surface area contributed by atoms with Crippen LogP contribution >= 0.6 is 0 Å². The highest BCUT2D eigenvalue weighted by Crippen LogP contribution is 2.20. The number of nitrogens with one attached hydrogen (secondary N) is 1. The van der Waals surface area contributed by atoms with Crippen LogP contribution in [0, 0.1) is 0 Å². The van der Waals surface area contributed by atoms with Crippen LogP contribution in [-0.2, 0) is 9.59 Å². The molecule has 1 aliphatic rings. The van der Waals surface area contributed by atoms with E-state index < -0.39 is 36.5 Å². The van der Waals surface area contributed by atoms with Gasteiger partial charge in [-0.25, -0.2) is 0 Å². The van der Waals surface area contributed by atoms with Gasteiger partial charge in [-0.05, 0) is 0 Å². The Hall–Kier alpha value is -0.980. The van der Waals surface area contributed by atoms with Crippen molar-refractivity contribution in [3.05, 3.63) is 0 Å². The summed E-state index contributed by atoms with van der Waals surface area (Å²) in [6.07, 6.45) is -2.13. The lowest BCUT2D eigenvalue weighted by atomic mass is 9.95. The highest BCUT2D eigenvalue weighted by molar-refractivity contribution is 6.07. The van der Waals surface area contributed by atoms with E-state index in [2.05, 4.69) is 0 Å². The summed E-state index contributed by atoms with van der Waals surface area (Å²) in [4.78, 5) is 21.5. The third-order valence-electron chi connectivity index (χ3n) is 1.80. The number of hydrogen-bond donors (Lipinski definition) is 4. The molecule has 1 heterocycles. The van der Waals surface area contributed by atoms with E-state index in [1.165, 1.54) is 0 Å². The molecule has 0 aromatic rings. The average Bonchev–Trinajstić information content (AvgIpc) is 2.26. The Kier molecular flexibility index (Phi) is 2.14. The van der Waals surface area contributed by atoms with E-state index in [0.717, 1.165) is 0 Å². The van der Waals surface area contributed by atoms with E-state index in [0.29, 0.717) is 0 Å². The molecular weight excluding hydrogens is 166 g/mol. The molecule has 68 valence electrons. The van der Waals surface area contributed by atoms with Gasteiger partial charge in [-0.3, -0.25) is 14.9 Å². The molecule has 2 atom stereocenters. The van der Waals surface area contributed by atoms with Crippen molar-refractivity contribution in [2.45, 2.75) is 18.1 Å². The summed E-state index contributed by atoms with van der Waals surface area (Å²) in [7, 11) is 0. The van der Waals surface area contributed by atoms with Crippen LogP contribution < -0.4 is 5.32 Å². The van der Waals surface area contributed by atoms with Crippen LogP contribution in [0.25, 0.3) is 0 Å². The van der Waals surface area contributed by atoms with Crippen LogP contribution in [0.2, 0.25) is 0 Å². The lowest BCUT2D eigenvalue weighted by Crippen LogP contribution is -2.50. The second-order valence-corrected chi connectivity index (χ2v) is 2.68. The van der Waals surface area contributed by atoms with Crippen LogP contribution in [0.5, 0.6) is 0 Å². The summed E-state index contributed by atoms with van der Waals surface area (Å²) in [5.74, 6) is -1.62. The van der Waals surface area contributed by atoms with Gasteiger partial charge in [0.2, 0.25) is 5.91 Å². The molecule has 1 rings (SSSR count). The molecule has 1 aliphatic heterocycles. The number of carbonyl (C=O) groups is 2. The fourth-order valence-electron chi connectivity index (χ4n) is 1.02. The molecule has 0 spiro atoms. The molecule has 2 unspecified atom stereocenters. The summed E-state index contributed by atoms with van der Waals surface area (Å²) in [5, 5.41) is 28.6. The number of rotatable bonds is 2. The molecule has 1 saturated heterocycles. The van der Waals surface area contributed by atoms with Gasteiger partial charge in [0, 0.05) is 0 Å². The molecule has 6 nitrogen and oxygen atoms in total. The van der Waals surface area contributed by atoms with Gasteiger partial charge in [-0.2, -0.15) is 0 Å². The number of imide groups is 1. The Balaban J connectivity index is 2.84. The van der Waals surface area contributed by atoms with Crippen LogP contribution in [0.1, 0.15) is 6.42 Å². The molecule has 0 radical (unpaired) electrons. The molecule has 0 saturated carbocycles. The van der Waals surface area contributed by atoms with Crippen molar-refractivity contribution < 1.29 is 24.9 Å². The SMILES string of the molecule is O=C1CC(O)(C(O)CO)C(=O)N1. The Morgan fingerprint density at radius 3 is 2.50 bits per heavy atom.